The zero-order valence-electron chi connectivity index (χ0n) is 11.6. The lowest BCUT2D eigenvalue weighted by Gasteiger charge is -2.07. The minimum atomic E-state index is -0.161. The highest BCUT2D eigenvalue weighted by atomic mass is 32.1. The van der Waals surface area contributed by atoms with Crippen LogP contribution in [0.3, 0.4) is 0 Å². The first-order chi connectivity index (χ1) is 10.3. The third kappa shape index (κ3) is 2.90. The van der Waals surface area contributed by atoms with Gasteiger partial charge in [0.1, 0.15) is 16.5 Å². The summed E-state index contributed by atoms with van der Waals surface area (Å²) < 4.78 is 5.16. The van der Waals surface area contributed by atoms with E-state index in [9.17, 15) is 4.79 Å². The molecule has 0 saturated heterocycles. The number of ether oxygens (including phenoxy) is 1. The molecule has 0 atom stereocenters. The van der Waals surface area contributed by atoms with E-state index in [1.165, 1.54) is 11.3 Å². The number of amides is 1. The van der Waals surface area contributed by atoms with E-state index in [4.69, 9.17) is 4.74 Å². The maximum absolute atomic E-state index is 12.2. The number of thiophene rings is 1. The minimum absolute atomic E-state index is 0.161. The van der Waals surface area contributed by atoms with Crippen LogP contribution in [0.1, 0.15) is 15.2 Å². The molecule has 3 rings (SSSR count). The quantitative estimate of drug-likeness (QED) is 0.911. The maximum Gasteiger partial charge on any atom is 0.269 e. The number of carbonyl (C=O) groups is 1. The van der Waals surface area contributed by atoms with Crippen LogP contribution < -0.4 is 15.4 Å². The van der Waals surface area contributed by atoms with Gasteiger partial charge < -0.3 is 15.4 Å². The lowest BCUT2D eigenvalue weighted by Crippen LogP contribution is -2.19. The Kier molecular flexibility index (Phi) is 3.87. The molecular formula is C15H15N3O2S. The number of methoxy groups -OCH3 is 1. The Morgan fingerprint density at radius 2 is 2.14 bits per heavy atom. The maximum atomic E-state index is 12.2. The minimum Gasteiger partial charge on any atom is -0.495 e. The van der Waals surface area contributed by atoms with Crippen LogP contribution >= 0.6 is 11.3 Å². The molecule has 2 aromatic rings. The van der Waals surface area contributed by atoms with Crippen LogP contribution in [-0.2, 0) is 0 Å². The zero-order chi connectivity index (χ0) is 14.7. The Hall–Kier alpha value is -2.34. The van der Waals surface area contributed by atoms with Gasteiger partial charge in [-0.2, -0.15) is 0 Å². The first kappa shape index (κ1) is 13.6. The van der Waals surface area contributed by atoms with Gasteiger partial charge in [0.15, 0.2) is 0 Å². The van der Waals surface area contributed by atoms with Crippen molar-refractivity contribution in [1.82, 2.24) is 5.32 Å². The highest BCUT2D eigenvalue weighted by Gasteiger charge is 2.14. The molecule has 0 aliphatic carbocycles. The number of aliphatic imine (C=N–C) groups is 1. The Morgan fingerprint density at radius 1 is 1.33 bits per heavy atom. The Bertz CT molecular complexity index is 676. The number of carbonyl (C=O) groups excluding carboxylic acids is 1. The fraction of sp³-hybridized carbons (Fsp3) is 0.200. The average Bonchev–Trinajstić information content (AvgIpc) is 3.19. The largest absolute Gasteiger partial charge is 0.495 e. The van der Waals surface area contributed by atoms with Crippen molar-refractivity contribution in [2.75, 3.05) is 25.5 Å². The summed E-state index contributed by atoms with van der Waals surface area (Å²) in [5, 5.41) is 7.92. The van der Waals surface area contributed by atoms with E-state index in [-0.39, 0.29) is 5.91 Å². The number of nitrogens with zero attached hydrogens (tertiary/aromatic N) is 1. The van der Waals surface area contributed by atoms with Crippen molar-refractivity contribution in [2.45, 2.75) is 0 Å². The molecule has 0 unspecified atom stereocenters. The van der Waals surface area contributed by atoms with Crippen molar-refractivity contribution in [3.8, 4) is 5.75 Å². The van der Waals surface area contributed by atoms with Gasteiger partial charge in [-0.25, -0.2) is 0 Å². The molecular weight excluding hydrogens is 286 g/mol. The fourth-order valence-corrected chi connectivity index (χ4v) is 2.87. The van der Waals surface area contributed by atoms with Crippen molar-refractivity contribution in [3.63, 3.8) is 0 Å². The van der Waals surface area contributed by atoms with Crippen LogP contribution in [0, 0.1) is 0 Å². The summed E-state index contributed by atoms with van der Waals surface area (Å²) >= 11 is 1.36. The molecule has 1 aliphatic heterocycles. The first-order valence-corrected chi connectivity index (χ1v) is 7.47. The highest BCUT2D eigenvalue weighted by molar-refractivity contribution is 7.12. The van der Waals surface area contributed by atoms with Crippen molar-refractivity contribution in [1.29, 1.82) is 0 Å². The summed E-state index contributed by atoms with van der Waals surface area (Å²) in [6.07, 6.45) is 0. The normalized spacial score (nSPS) is 13.5. The van der Waals surface area contributed by atoms with Crippen molar-refractivity contribution in [3.05, 3.63) is 46.2 Å². The second kappa shape index (κ2) is 5.97. The van der Waals surface area contributed by atoms with Crippen molar-refractivity contribution >= 4 is 28.8 Å². The number of anilines is 1. The van der Waals surface area contributed by atoms with Gasteiger partial charge in [0.05, 0.1) is 13.7 Å². The molecule has 0 bridgehead atoms. The summed E-state index contributed by atoms with van der Waals surface area (Å²) in [5.41, 5.74) is 1.78. The molecule has 108 valence electrons. The highest BCUT2D eigenvalue weighted by Crippen LogP contribution is 2.25. The third-order valence-corrected chi connectivity index (χ3v) is 4.04. The summed E-state index contributed by atoms with van der Waals surface area (Å²) in [5.74, 6) is 1.34. The molecule has 2 N–H and O–H groups in total. The van der Waals surface area contributed by atoms with Gasteiger partial charge >= 0.3 is 0 Å². The average molecular weight is 301 g/mol. The van der Waals surface area contributed by atoms with E-state index >= 15 is 0 Å². The van der Waals surface area contributed by atoms with E-state index in [1.807, 2.05) is 29.6 Å². The number of benzene rings is 1. The molecule has 21 heavy (non-hydrogen) atoms. The standard InChI is InChI=1S/C15H15N3O2S/c1-20-12-6-9-21-13(12)15(19)18-11-4-2-10(3-5-11)14-16-7-8-17-14/h2-6,9H,7-8H2,1H3,(H,16,17)(H,18,19). The van der Waals surface area contributed by atoms with E-state index in [2.05, 4.69) is 15.6 Å². The van der Waals surface area contributed by atoms with Crippen LogP contribution in [0.5, 0.6) is 5.75 Å². The van der Waals surface area contributed by atoms with Crippen LogP contribution in [0.25, 0.3) is 0 Å². The van der Waals surface area contributed by atoms with E-state index in [1.54, 1.807) is 13.2 Å². The second-order valence-electron chi connectivity index (χ2n) is 4.51. The molecule has 1 aliphatic rings. The molecule has 2 heterocycles. The molecule has 1 amide bonds. The molecule has 1 aromatic carbocycles. The number of hydrogen-bond acceptors (Lipinski definition) is 5. The lowest BCUT2D eigenvalue weighted by atomic mass is 10.2. The van der Waals surface area contributed by atoms with E-state index in [0.717, 1.165) is 30.2 Å². The zero-order valence-corrected chi connectivity index (χ0v) is 12.4. The molecule has 1 aromatic heterocycles. The van der Waals surface area contributed by atoms with Gasteiger partial charge in [0.25, 0.3) is 5.91 Å². The lowest BCUT2D eigenvalue weighted by molar-refractivity contribution is 0.102. The van der Waals surface area contributed by atoms with E-state index in [0.29, 0.717) is 10.6 Å². The van der Waals surface area contributed by atoms with Gasteiger partial charge in [-0.1, -0.05) is 0 Å². The van der Waals surface area contributed by atoms with Crippen LogP contribution in [0.4, 0.5) is 5.69 Å². The summed E-state index contributed by atoms with van der Waals surface area (Å²) in [6, 6.07) is 9.41. The number of amidine groups is 1. The summed E-state index contributed by atoms with van der Waals surface area (Å²) in [6.45, 7) is 1.69. The molecule has 0 fully saturated rings. The predicted molar refractivity (Wildman–Crippen MR) is 84.7 cm³/mol. The Balaban J connectivity index is 1.72. The van der Waals surface area contributed by atoms with Crippen molar-refractivity contribution in [2.24, 2.45) is 4.99 Å². The van der Waals surface area contributed by atoms with Gasteiger partial charge in [-0.15, -0.1) is 11.3 Å². The van der Waals surface area contributed by atoms with Gasteiger partial charge in [0, 0.05) is 17.8 Å². The monoisotopic (exact) mass is 301 g/mol. The number of hydrogen-bond donors (Lipinski definition) is 2. The smallest absolute Gasteiger partial charge is 0.269 e. The van der Waals surface area contributed by atoms with Crippen LogP contribution in [-0.4, -0.2) is 31.9 Å². The molecule has 5 nitrogen and oxygen atoms in total. The SMILES string of the molecule is COc1ccsc1C(=O)Nc1ccc(C2=NCCN2)cc1. The number of rotatable bonds is 4. The second-order valence-corrected chi connectivity index (χ2v) is 5.42. The Morgan fingerprint density at radius 3 is 2.81 bits per heavy atom. The number of nitrogens with one attached hydrogen (secondary N) is 2. The van der Waals surface area contributed by atoms with Crippen LogP contribution in [0.15, 0.2) is 40.7 Å². The Labute approximate surface area is 126 Å². The van der Waals surface area contributed by atoms with Gasteiger partial charge in [-0.05, 0) is 35.7 Å². The van der Waals surface area contributed by atoms with Gasteiger partial charge in [-0.3, -0.25) is 9.79 Å². The molecule has 0 spiro atoms. The summed E-state index contributed by atoms with van der Waals surface area (Å²) in [7, 11) is 1.56. The van der Waals surface area contributed by atoms with E-state index < -0.39 is 0 Å². The molecule has 0 saturated carbocycles. The third-order valence-electron chi connectivity index (χ3n) is 3.15. The predicted octanol–water partition coefficient (Wildman–Crippen LogP) is 2.36. The van der Waals surface area contributed by atoms with Crippen molar-refractivity contribution < 1.29 is 9.53 Å². The summed E-state index contributed by atoms with van der Waals surface area (Å²) in [4.78, 5) is 17.1. The molecule has 0 radical (unpaired) electrons. The van der Waals surface area contributed by atoms with Gasteiger partial charge in [0.2, 0.25) is 0 Å². The topological polar surface area (TPSA) is 62.7 Å². The molecule has 6 heteroatoms. The van der Waals surface area contributed by atoms with Crippen LogP contribution in [0.2, 0.25) is 0 Å². The first-order valence-electron chi connectivity index (χ1n) is 6.59. The fourth-order valence-electron chi connectivity index (χ4n) is 2.11.